The van der Waals surface area contributed by atoms with Crippen LogP contribution in [0.15, 0.2) is 48.5 Å². The van der Waals surface area contributed by atoms with Crippen molar-refractivity contribution in [2.45, 2.75) is 26.3 Å². The molecule has 1 aliphatic heterocycles. The average Bonchev–Trinajstić information content (AvgIpc) is 2.87. The zero-order valence-electron chi connectivity index (χ0n) is 13.4. The van der Waals surface area contributed by atoms with E-state index in [-0.39, 0.29) is 17.9 Å². The summed E-state index contributed by atoms with van der Waals surface area (Å²) in [5.74, 6) is -0.0774. The second kappa shape index (κ2) is 6.24. The Labute approximate surface area is 136 Å². The molecule has 0 bridgehead atoms. The minimum absolute atomic E-state index is 0.0434. The van der Waals surface area contributed by atoms with Gasteiger partial charge in [0, 0.05) is 24.2 Å². The van der Waals surface area contributed by atoms with Gasteiger partial charge in [0.1, 0.15) is 0 Å². The molecule has 118 valence electrons. The van der Waals surface area contributed by atoms with Crippen LogP contribution < -0.4 is 10.2 Å². The van der Waals surface area contributed by atoms with Gasteiger partial charge >= 0.3 is 0 Å². The van der Waals surface area contributed by atoms with Crippen molar-refractivity contribution in [3.8, 4) is 0 Å². The van der Waals surface area contributed by atoms with Gasteiger partial charge in [-0.05, 0) is 38.1 Å². The lowest BCUT2D eigenvalue weighted by atomic mass is 10.1. The highest BCUT2D eigenvalue weighted by Gasteiger charge is 2.31. The third-order valence-electron chi connectivity index (χ3n) is 4.01. The van der Waals surface area contributed by atoms with E-state index in [0.29, 0.717) is 18.5 Å². The summed E-state index contributed by atoms with van der Waals surface area (Å²) in [4.78, 5) is 26.3. The quantitative estimate of drug-likeness (QED) is 0.948. The van der Waals surface area contributed by atoms with Crippen LogP contribution in [0.5, 0.6) is 0 Å². The first-order valence-corrected chi connectivity index (χ1v) is 7.77. The molecule has 0 spiro atoms. The van der Waals surface area contributed by atoms with Gasteiger partial charge in [-0.1, -0.05) is 35.4 Å². The van der Waals surface area contributed by atoms with Gasteiger partial charge in [-0.2, -0.15) is 0 Å². The number of aryl methyl sites for hydroxylation is 2. The van der Waals surface area contributed by atoms with E-state index in [0.717, 1.165) is 16.8 Å². The zero-order valence-corrected chi connectivity index (χ0v) is 13.4. The summed E-state index contributed by atoms with van der Waals surface area (Å²) < 4.78 is 0. The van der Waals surface area contributed by atoms with E-state index in [2.05, 4.69) is 5.32 Å². The highest BCUT2D eigenvalue weighted by molar-refractivity contribution is 5.99. The number of rotatable bonds is 3. The highest BCUT2D eigenvalue weighted by atomic mass is 16.2. The molecule has 0 unspecified atom stereocenters. The fourth-order valence-electron chi connectivity index (χ4n) is 3.04. The lowest BCUT2D eigenvalue weighted by molar-refractivity contribution is -0.117. The maximum absolute atomic E-state index is 12.4. The first-order chi connectivity index (χ1) is 11.0. The van der Waals surface area contributed by atoms with Gasteiger partial charge in [0.25, 0.3) is 5.91 Å². The van der Waals surface area contributed by atoms with Crippen LogP contribution in [0.1, 0.15) is 27.9 Å². The standard InChI is InChI=1S/C19H20N2O2/c1-13-8-14(2)10-15(9-13)19(23)20-16-11-18(22)21(12-16)17-6-4-3-5-7-17/h3-10,16H,11-12H2,1-2H3,(H,20,23)/t16-/m0/s1. The summed E-state index contributed by atoms with van der Waals surface area (Å²) in [7, 11) is 0. The van der Waals surface area contributed by atoms with Gasteiger partial charge < -0.3 is 10.2 Å². The van der Waals surface area contributed by atoms with Crippen LogP contribution >= 0.6 is 0 Å². The summed E-state index contributed by atoms with van der Waals surface area (Å²) in [5, 5.41) is 2.98. The Morgan fingerprint density at radius 2 is 1.74 bits per heavy atom. The number of nitrogens with one attached hydrogen (secondary N) is 1. The smallest absolute Gasteiger partial charge is 0.251 e. The molecule has 0 saturated carbocycles. The molecule has 3 rings (SSSR count). The van der Waals surface area contributed by atoms with E-state index >= 15 is 0 Å². The maximum Gasteiger partial charge on any atom is 0.251 e. The van der Waals surface area contributed by atoms with Crippen molar-refractivity contribution >= 4 is 17.5 Å². The molecule has 2 aromatic rings. The Hall–Kier alpha value is -2.62. The SMILES string of the molecule is Cc1cc(C)cc(C(=O)N[C@H]2CC(=O)N(c3ccccc3)C2)c1. The molecule has 1 saturated heterocycles. The third kappa shape index (κ3) is 3.42. The number of nitrogens with zero attached hydrogens (tertiary/aromatic N) is 1. The minimum Gasteiger partial charge on any atom is -0.347 e. The number of amides is 2. The van der Waals surface area contributed by atoms with E-state index < -0.39 is 0 Å². The van der Waals surface area contributed by atoms with Gasteiger partial charge in [-0.3, -0.25) is 9.59 Å². The molecule has 1 aliphatic rings. The number of carbonyl (C=O) groups is 2. The summed E-state index contributed by atoms with van der Waals surface area (Å²) >= 11 is 0. The molecule has 2 aromatic carbocycles. The molecule has 1 N–H and O–H groups in total. The highest BCUT2D eigenvalue weighted by Crippen LogP contribution is 2.21. The van der Waals surface area contributed by atoms with Crippen molar-refractivity contribution in [2.75, 3.05) is 11.4 Å². The zero-order chi connectivity index (χ0) is 16.4. The monoisotopic (exact) mass is 308 g/mol. The van der Waals surface area contributed by atoms with Crippen molar-refractivity contribution in [3.05, 3.63) is 65.2 Å². The summed E-state index contributed by atoms with van der Waals surface area (Å²) in [6, 6.07) is 15.2. The number of para-hydroxylation sites is 1. The Balaban J connectivity index is 1.70. The number of anilines is 1. The van der Waals surface area contributed by atoms with Crippen molar-refractivity contribution in [1.82, 2.24) is 5.32 Å². The molecule has 0 aromatic heterocycles. The first-order valence-electron chi connectivity index (χ1n) is 7.77. The molecule has 2 amide bonds. The van der Waals surface area contributed by atoms with E-state index in [4.69, 9.17) is 0 Å². The second-order valence-corrected chi connectivity index (χ2v) is 6.09. The van der Waals surface area contributed by atoms with Gasteiger partial charge in [-0.25, -0.2) is 0 Å². The molecule has 0 aliphatic carbocycles. The molecule has 1 atom stereocenters. The van der Waals surface area contributed by atoms with Crippen molar-refractivity contribution in [3.63, 3.8) is 0 Å². The van der Waals surface area contributed by atoms with Gasteiger partial charge in [0.2, 0.25) is 5.91 Å². The van der Waals surface area contributed by atoms with E-state index in [1.807, 2.05) is 62.4 Å². The van der Waals surface area contributed by atoms with E-state index in [9.17, 15) is 9.59 Å². The number of carbonyl (C=O) groups excluding carboxylic acids is 2. The summed E-state index contributed by atoms with van der Waals surface area (Å²) in [6.07, 6.45) is 0.339. The fraction of sp³-hybridized carbons (Fsp3) is 0.263. The van der Waals surface area contributed by atoms with Crippen molar-refractivity contribution < 1.29 is 9.59 Å². The molecule has 1 fully saturated rings. The van der Waals surface area contributed by atoms with Gasteiger partial charge in [0.15, 0.2) is 0 Å². The molecule has 0 radical (unpaired) electrons. The number of benzene rings is 2. The topological polar surface area (TPSA) is 49.4 Å². The van der Waals surface area contributed by atoms with Crippen LogP contribution in [-0.4, -0.2) is 24.4 Å². The Kier molecular flexibility index (Phi) is 4.15. The van der Waals surface area contributed by atoms with E-state index in [1.54, 1.807) is 4.90 Å². The number of hydrogen-bond acceptors (Lipinski definition) is 2. The average molecular weight is 308 g/mol. The molecule has 4 nitrogen and oxygen atoms in total. The molecule has 4 heteroatoms. The normalized spacial score (nSPS) is 17.4. The van der Waals surface area contributed by atoms with Crippen LogP contribution in [0.2, 0.25) is 0 Å². The third-order valence-corrected chi connectivity index (χ3v) is 4.01. The van der Waals surface area contributed by atoms with Crippen molar-refractivity contribution in [1.29, 1.82) is 0 Å². The Morgan fingerprint density at radius 1 is 1.09 bits per heavy atom. The van der Waals surface area contributed by atoms with Crippen molar-refractivity contribution in [2.24, 2.45) is 0 Å². The van der Waals surface area contributed by atoms with Crippen LogP contribution in [0, 0.1) is 13.8 Å². The lowest BCUT2D eigenvalue weighted by Crippen LogP contribution is -2.37. The van der Waals surface area contributed by atoms with Crippen LogP contribution in [0.3, 0.4) is 0 Å². The molecule has 23 heavy (non-hydrogen) atoms. The summed E-state index contributed by atoms with van der Waals surface area (Å²) in [6.45, 7) is 4.46. The predicted octanol–water partition coefficient (Wildman–Crippen LogP) is 2.84. The number of hydrogen-bond donors (Lipinski definition) is 1. The Bertz CT molecular complexity index is 720. The van der Waals surface area contributed by atoms with Gasteiger partial charge in [0.05, 0.1) is 6.04 Å². The second-order valence-electron chi connectivity index (χ2n) is 6.09. The maximum atomic E-state index is 12.4. The van der Waals surface area contributed by atoms with E-state index in [1.165, 1.54) is 0 Å². The Morgan fingerprint density at radius 3 is 2.39 bits per heavy atom. The molecular formula is C19H20N2O2. The van der Waals surface area contributed by atoms with Gasteiger partial charge in [-0.15, -0.1) is 0 Å². The minimum atomic E-state index is -0.156. The van der Waals surface area contributed by atoms with Crippen LogP contribution in [0.25, 0.3) is 0 Å². The predicted molar refractivity (Wildman–Crippen MR) is 90.6 cm³/mol. The van der Waals surface area contributed by atoms with Crippen LogP contribution in [0.4, 0.5) is 5.69 Å². The van der Waals surface area contributed by atoms with Crippen LogP contribution in [-0.2, 0) is 4.79 Å². The lowest BCUT2D eigenvalue weighted by Gasteiger charge is -2.17. The molecular weight excluding hydrogens is 288 g/mol. The summed E-state index contributed by atoms with van der Waals surface area (Å²) in [5.41, 5.74) is 3.64. The fourth-order valence-corrected chi connectivity index (χ4v) is 3.04. The largest absolute Gasteiger partial charge is 0.347 e. The first kappa shape index (κ1) is 15.3. The molecule has 1 heterocycles.